The molecule has 0 aliphatic heterocycles. The summed E-state index contributed by atoms with van der Waals surface area (Å²) in [5.74, 6) is 3.54. The van der Waals surface area contributed by atoms with Gasteiger partial charge >= 0.3 is 0 Å². The maximum atomic E-state index is 12.9. The number of hydrogen-bond acceptors (Lipinski definition) is 2. The lowest BCUT2D eigenvalue weighted by Crippen LogP contribution is -2.47. The Morgan fingerprint density at radius 2 is 2.17 bits per heavy atom. The van der Waals surface area contributed by atoms with E-state index in [1.54, 1.807) is 7.11 Å². The van der Waals surface area contributed by atoms with Gasteiger partial charge in [0.2, 0.25) is 0 Å². The SMILES string of the molecule is C=C1CC2C3CC=C4C=C(OC)CC[C@@H]4C3C(=C)C[C@]2(CC)C1=O. The normalized spacial score (nSPS) is 41.2. The predicted octanol–water partition coefficient (Wildman–Crippen LogP) is 4.99. The smallest absolute Gasteiger partial charge is 0.165 e. The highest BCUT2D eigenvalue weighted by Crippen LogP contribution is 2.63. The third-order valence-electron chi connectivity index (χ3n) is 7.35. The molecule has 0 aromatic rings. The van der Waals surface area contributed by atoms with E-state index in [0.717, 1.165) is 49.9 Å². The van der Waals surface area contributed by atoms with Crippen LogP contribution in [0.2, 0.25) is 0 Å². The fourth-order valence-electron chi connectivity index (χ4n) is 6.22. The van der Waals surface area contributed by atoms with Gasteiger partial charge in [0.25, 0.3) is 0 Å². The van der Waals surface area contributed by atoms with Crippen LogP contribution in [0.4, 0.5) is 0 Å². The Bertz CT molecular complexity index is 680. The van der Waals surface area contributed by atoms with Gasteiger partial charge in [0.05, 0.1) is 12.9 Å². The van der Waals surface area contributed by atoms with Crippen LogP contribution in [0, 0.1) is 29.1 Å². The van der Waals surface area contributed by atoms with E-state index < -0.39 is 0 Å². The largest absolute Gasteiger partial charge is 0.501 e. The lowest BCUT2D eigenvalue weighted by Gasteiger charge is -2.52. The average molecular weight is 324 g/mol. The minimum atomic E-state index is -0.205. The van der Waals surface area contributed by atoms with Crippen molar-refractivity contribution in [2.24, 2.45) is 29.1 Å². The minimum Gasteiger partial charge on any atom is -0.501 e. The van der Waals surface area contributed by atoms with Crippen molar-refractivity contribution in [2.45, 2.75) is 45.4 Å². The van der Waals surface area contributed by atoms with Crippen LogP contribution in [0.5, 0.6) is 0 Å². The quantitative estimate of drug-likeness (QED) is 0.528. The second-order valence-corrected chi connectivity index (χ2v) is 8.18. The first-order valence-corrected chi connectivity index (χ1v) is 9.36. The number of rotatable bonds is 2. The molecule has 24 heavy (non-hydrogen) atoms. The van der Waals surface area contributed by atoms with Crippen LogP contribution < -0.4 is 0 Å². The lowest BCUT2D eigenvalue weighted by atomic mass is 9.51. The highest BCUT2D eigenvalue weighted by atomic mass is 16.5. The molecule has 0 saturated heterocycles. The van der Waals surface area contributed by atoms with Crippen LogP contribution in [-0.2, 0) is 9.53 Å². The standard InChI is InChI=1S/C22H28O2/c1-5-22-12-14(3)20-17-9-7-16(24-4)11-15(17)6-8-18(20)19(22)10-13(2)21(22)23/h6,11,17-20H,2-3,5,7-10,12H2,1,4H3/t17-,18?,19?,20?,22-/m0/s1. The Morgan fingerprint density at radius 1 is 1.38 bits per heavy atom. The fourth-order valence-corrected chi connectivity index (χ4v) is 6.22. The van der Waals surface area contributed by atoms with Crippen molar-refractivity contribution in [1.29, 1.82) is 0 Å². The van der Waals surface area contributed by atoms with Gasteiger partial charge in [-0.3, -0.25) is 4.79 Å². The topological polar surface area (TPSA) is 26.3 Å². The number of carbonyl (C=O) groups excluding carboxylic acids is 1. The molecule has 2 saturated carbocycles. The number of carbonyl (C=O) groups is 1. The van der Waals surface area contributed by atoms with Crippen molar-refractivity contribution in [3.05, 3.63) is 47.8 Å². The predicted molar refractivity (Wildman–Crippen MR) is 96.2 cm³/mol. The van der Waals surface area contributed by atoms with Crippen LogP contribution in [0.3, 0.4) is 0 Å². The Hall–Kier alpha value is -1.57. The summed E-state index contributed by atoms with van der Waals surface area (Å²) >= 11 is 0. The van der Waals surface area contributed by atoms with Gasteiger partial charge in [-0.15, -0.1) is 0 Å². The Kier molecular flexibility index (Phi) is 3.63. The molecule has 4 aliphatic rings. The molecule has 2 nitrogen and oxygen atoms in total. The van der Waals surface area contributed by atoms with Gasteiger partial charge in [-0.05, 0) is 73.0 Å². The van der Waals surface area contributed by atoms with E-state index in [-0.39, 0.29) is 5.41 Å². The number of hydrogen-bond donors (Lipinski definition) is 0. The number of methoxy groups -OCH3 is 1. The third-order valence-corrected chi connectivity index (χ3v) is 7.35. The van der Waals surface area contributed by atoms with Crippen molar-refractivity contribution < 1.29 is 9.53 Å². The van der Waals surface area contributed by atoms with Gasteiger partial charge in [0, 0.05) is 11.8 Å². The van der Waals surface area contributed by atoms with Crippen LogP contribution in [0.15, 0.2) is 47.8 Å². The van der Waals surface area contributed by atoms with E-state index >= 15 is 0 Å². The zero-order valence-electron chi connectivity index (χ0n) is 14.9. The van der Waals surface area contributed by atoms with E-state index in [9.17, 15) is 4.79 Å². The molecular weight excluding hydrogens is 296 g/mol. The van der Waals surface area contributed by atoms with Gasteiger partial charge in [-0.25, -0.2) is 0 Å². The van der Waals surface area contributed by atoms with Crippen molar-refractivity contribution in [2.75, 3.05) is 7.11 Å². The molecule has 0 heterocycles. The Labute approximate surface area is 145 Å². The van der Waals surface area contributed by atoms with Crippen LogP contribution in [0.25, 0.3) is 0 Å². The van der Waals surface area contributed by atoms with Crippen molar-refractivity contribution >= 4 is 5.78 Å². The number of ether oxygens (including phenoxy) is 1. The summed E-state index contributed by atoms with van der Waals surface area (Å²) in [6, 6.07) is 0. The molecule has 2 fully saturated rings. The zero-order valence-corrected chi connectivity index (χ0v) is 14.9. The second-order valence-electron chi connectivity index (χ2n) is 8.18. The average Bonchev–Trinajstić information content (AvgIpc) is 2.86. The van der Waals surface area contributed by atoms with E-state index in [1.807, 2.05) is 0 Å². The molecule has 4 aliphatic carbocycles. The first-order chi connectivity index (χ1) is 11.5. The van der Waals surface area contributed by atoms with Gasteiger partial charge < -0.3 is 4.74 Å². The number of Topliss-reactive ketones (excluding diaryl/α,β-unsaturated/α-hetero) is 1. The highest BCUT2D eigenvalue weighted by Gasteiger charge is 2.59. The Morgan fingerprint density at radius 3 is 2.88 bits per heavy atom. The highest BCUT2D eigenvalue weighted by molar-refractivity contribution is 6.02. The maximum Gasteiger partial charge on any atom is 0.165 e. The van der Waals surface area contributed by atoms with Crippen LogP contribution >= 0.6 is 0 Å². The molecule has 128 valence electrons. The molecular formula is C22H28O2. The molecule has 0 N–H and O–H groups in total. The van der Waals surface area contributed by atoms with Gasteiger partial charge in [0.1, 0.15) is 0 Å². The first kappa shape index (κ1) is 15.9. The fraction of sp³-hybridized carbons (Fsp3) is 0.591. The van der Waals surface area contributed by atoms with Crippen molar-refractivity contribution in [3.8, 4) is 0 Å². The number of fused-ring (bicyclic) bond motifs is 5. The summed E-state index contributed by atoms with van der Waals surface area (Å²) in [6.45, 7) is 10.8. The minimum absolute atomic E-state index is 0.205. The third kappa shape index (κ3) is 1.98. The molecule has 0 amide bonds. The van der Waals surface area contributed by atoms with E-state index in [2.05, 4.69) is 32.2 Å². The second kappa shape index (κ2) is 5.47. The van der Waals surface area contributed by atoms with Crippen molar-refractivity contribution in [1.82, 2.24) is 0 Å². The molecule has 5 atom stereocenters. The zero-order chi connectivity index (χ0) is 17.1. The molecule has 3 unspecified atom stereocenters. The van der Waals surface area contributed by atoms with E-state index in [4.69, 9.17) is 4.74 Å². The molecule has 4 rings (SSSR count). The van der Waals surface area contributed by atoms with Gasteiger partial charge in [-0.1, -0.05) is 31.7 Å². The summed E-state index contributed by atoms with van der Waals surface area (Å²) in [4.78, 5) is 12.9. The first-order valence-electron chi connectivity index (χ1n) is 9.36. The summed E-state index contributed by atoms with van der Waals surface area (Å²) in [7, 11) is 1.77. The number of allylic oxidation sites excluding steroid dienone is 6. The summed E-state index contributed by atoms with van der Waals surface area (Å²) in [5.41, 5.74) is 3.40. The summed E-state index contributed by atoms with van der Waals surface area (Å²) < 4.78 is 5.48. The summed E-state index contributed by atoms with van der Waals surface area (Å²) in [6.07, 6.45) is 10.6. The lowest BCUT2D eigenvalue weighted by molar-refractivity contribution is -0.128. The van der Waals surface area contributed by atoms with E-state index in [1.165, 1.54) is 11.1 Å². The monoisotopic (exact) mass is 324 g/mol. The van der Waals surface area contributed by atoms with Crippen molar-refractivity contribution in [3.63, 3.8) is 0 Å². The van der Waals surface area contributed by atoms with E-state index in [0.29, 0.717) is 29.5 Å². The summed E-state index contributed by atoms with van der Waals surface area (Å²) in [5, 5.41) is 0. The molecule has 2 heteroatoms. The van der Waals surface area contributed by atoms with Crippen LogP contribution in [0.1, 0.15) is 45.4 Å². The Balaban J connectivity index is 1.74. The van der Waals surface area contributed by atoms with Gasteiger partial charge in [-0.2, -0.15) is 0 Å². The molecule has 0 aromatic carbocycles. The maximum absolute atomic E-state index is 12.9. The van der Waals surface area contributed by atoms with Crippen LogP contribution in [-0.4, -0.2) is 12.9 Å². The number of ketones is 1. The molecule has 0 spiro atoms. The molecule has 0 bridgehead atoms. The molecule has 0 aromatic heterocycles. The van der Waals surface area contributed by atoms with Gasteiger partial charge in [0.15, 0.2) is 5.78 Å². The molecule has 0 radical (unpaired) electrons.